The van der Waals surface area contributed by atoms with Crippen molar-refractivity contribution in [3.8, 4) is 5.75 Å². The summed E-state index contributed by atoms with van der Waals surface area (Å²) in [5.41, 5.74) is 10.8. The molecular weight excluding hydrogens is 238 g/mol. The summed E-state index contributed by atoms with van der Waals surface area (Å²) < 4.78 is 5.59. The van der Waals surface area contributed by atoms with E-state index in [1.165, 1.54) is 16.7 Å². The highest BCUT2D eigenvalue weighted by atomic mass is 16.5. The highest BCUT2D eigenvalue weighted by molar-refractivity contribution is 5.81. The number of rotatable bonds is 4. The lowest BCUT2D eigenvalue weighted by molar-refractivity contribution is 0.340. The van der Waals surface area contributed by atoms with Gasteiger partial charge in [0.15, 0.2) is 0 Å². The van der Waals surface area contributed by atoms with Crippen LogP contribution in [0.3, 0.4) is 0 Å². The minimum absolute atomic E-state index is 0.119. The van der Waals surface area contributed by atoms with Gasteiger partial charge in [-0.15, -0.1) is 0 Å². The first kappa shape index (κ1) is 12.4. The fourth-order valence-corrected chi connectivity index (χ4v) is 2.82. The van der Waals surface area contributed by atoms with E-state index in [9.17, 15) is 0 Å². The molecule has 1 heterocycles. The first-order valence-electron chi connectivity index (χ1n) is 6.84. The van der Waals surface area contributed by atoms with Crippen LogP contribution in [-0.2, 0) is 6.42 Å². The van der Waals surface area contributed by atoms with Crippen LogP contribution < -0.4 is 10.5 Å². The SMILES string of the molecule is CCOc1ccc2c(c1)C1=C(C2)N=NC1C[C@@H](C)N. The van der Waals surface area contributed by atoms with Crippen LogP contribution in [0, 0.1) is 0 Å². The second-order valence-corrected chi connectivity index (χ2v) is 5.23. The maximum atomic E-state index is 5.90. The van der Waals surface area contributed by atoms with Gasteiger partial charge in [0, 0.05) is 18.0 Å². The molecule has 1 aliphatic carbocycles. The number of nitrogens with two attached hydrogens (primary N) is 1. The van der Waals surface area contributed by atoms with E-state index in [0.29, 0.717) is 6.61 Å². The standard InChI is InChI=1S/C15H19N3O/c1-3-19-11-5-4-10-7-14-15(12(10)8-11)13(17-18-14)6-9(2)16/h4-5,8-9,13H,3,6-7,16H2,1-2H3/t9-,13?/m1/s1. The molecule has 0 bridgehead atoms. The predicted molar refractivity (Wildman–Crippen MR) is 75.1 cm³/mol. The lowest BCUT2D eigenvalue weighted by Gasteiger charge is -2.14. The highest BCUT2D eigenvalue weighted by Gasteiger charge is 2.32. The molecule has 2 N–H and O–H groups in total. The normalized spacial score (nSPS) is 21.5. The van der Waals surface area contributed by atoms with Crippen LogP contribution >= 0.6 is 0 Å². The van der Waals surface area contributed by atoms with Crippen molar-refractivity contribution in [3.05, 3.63) is 35.0 Å². The van der Waals surface area contributed by atoms with Gasteiger partial charge in [-0.2, -0.15) is 10.2 Å². The van der Waals surface area contributed by atoms with Gasteiger partial charge in [0.05, 0.1) is 12.3 Å². The minimum atomic E-state index is 0.119. The fraction of sp³-hybridized carbons (Fsp3) is 0.467. The van der Waals surface area contributed by atoms with Gasteiger partial charge >= 0.3 is 0 Å². The second kappa shape index (κ2) is 4.78. The Kier molecular flexibility index (Phi) is 3.11. The number of hydrogen-bond donors (Lipinski definition) is 1. The molecule has 2 aliphatic rings. The Balaban J connectivity index is 1.93. The summed E-state index contributed by atoms with van der Waals surface area (Å²) in [6, 6.07) is 6.54. The molecule has 3 rings (SSSR count). The molecule has 4 nitrogen and oxygen atoms in total. The van der Waals surface area contributed by atoms with E-state index in [-0.39, 0.29) is 12.1 Å². The van der Waals surface area contributed by atoms with E-state index in [2.05, 4.69) is 22.4 Å². The molecule has 2 atom stereocenters. The first-order chi connectivity index (χ1) is 9.19. The van der Waals surface area contributed by atoms with Gasteiger partial charge in [-0.1, -0.05) is 6.07 Å². The Morgan fingerprint density at radius 3 is 3.05 bits per heavy atom. The van der Waals surface area contributed by atoms with Gasteiger partial charge in [-0.3, -0.25) is 0 Å². The number of nitrogens with zero attached hydrogens (tertiary/aromatic N) is 2. The topological polar surface area (TPSA) is 60.0 Å². The molecule has 0 fully saturated rings. The largest absolute Gasteiger partial charge is 0.494 e. The summed E-state index contributed by atoms with van der Waals surface area (Å²) in [7, 11) is 0. The van der Waals surface area contributed by atoms with E-state index >= 15 is 0 Å². The minimum Gasteiger partial charge on any atom is -0.494 e. The van der Waals surface area contributed by atoms with Crippen LogP contribution in [0.5, 0.6) is 5.75 Å². The van der Waals surface area contributed by atoms with E-state index in [1.807, 2.05) is 19.9 Å². The molecule has 0 saturated heterocycles. The number of benzene rings is 1. The van der Waals surface area contributed by atoms with Gasteiger partial charge in [0.25, 0.3) is 0 Å². The molecule has 0 radical (unpaired) electrons. The summed E-state index contributed by atoms with van der Waals surface area (Å²) in [5.74, 6) is 0.918. The Morgan fingerprint density at radius 2 is 2.32 bits per heavy atom. The fourth-order valence-electron chi connectivity index (χ4n) is 2.82. The second-order valence-electron chi connectivity index (χ2n) is 5.23. The molecule has 19 heavy (non-hydrogen) atoms. The van der Waals surface area contributed by atoms with Crippen molar-refractivity contribution in [3.63, 3.8) is 0 Å². The average Bonchev–Trinajstić information content (AvgIpc) is 2.89. The average molecular weight is 257 g/mol. The summed E-state index contributed by atoms with van der Waals surface area (Å²) in [6.07, 6.45) is 1.73. The zero-order valence-electron chi connectivity index (χ0n) is 11.4. The Morgan fingerprint density at radius 1 is 1.47 bits per heavy atom. The van der Waals surface area contributed by atoms with Crippen molar-refractivity contribution < 1.29 is 4.74 Å². The molecule has 0 amide bonds. The zero-order valence-corrected chi connectivity index (χ0v) is 11.4. The van der Waals surface area contributed by atoms with E-state index < -0.39 is 0 Å². The Hall–Kier alpha value is -1.68. The number of allylic oxidation sites excluding steroid dienone is 1. The van der Waals surface area contributed by atoms with Gasteiger partial charge in [0.1, 0.15) is 11.8 Å². The monoisotopic (exact) mass is 257 g/mol. The number of hydrogen-bond acceptors (Lipinski definition) is 4. The third kappa shape index (κ3) is 2.16. The van der Waals surface area contributed by atoms with Crippen molar-refractivity contribution in [2.24, 2.45) is 16.0 Å². The molecule has 4 heteroatoms. The maximum absolute atomic E-state index is 5.90. The third-order valence-corrected chi connectivity index (χ3v) is 3.60. The van der Waals surface area contributed by atoms with Crippen molar-refractivity contribution in [2.75, 3.05) is 6.61 Å². The van der Waals surface area contributed by atoms with Gasteiger partial charge in [-0.05, 0) is 43.5 Å². The summed E-state index contributed by atoms with van der Waals surface area (Å²) in [4.78, 5) is 0. The predicted octanol–water partition coefficient (Wildman–Crippen LogP) is 2.92. The highest BCUT2D eigenvalue weighted by Crippen LogP contribution is 2.43. The third-order valence-electron chi connectivity index (χ3n) is 3.60. The molecular formula is C15H19N3O. The van der Waals surface area contributed by atoms with Crippen molar-refractivity contribution in [1.29, 1.82) is 0 Å². The van der Waals surface area contributed by atoms with Crippen LogP contribution in [0.25, 0.3) is 5.57 Å². The summed E-state index contributed by atoms with van der Waals surface area (Å²) in [5, 5.41) is 8.70. The molecule has 1 aromatic rings. The molecule has 0 saturated carbocycles. The molecule has 0 spiro atoms. The lowest BCUT2D eigenvalue weighted by atomic mass is 9.96. The quantitative estimate of drug-likeness (QED) is 0.901. The number of fused-ring (bicyclic) bond motifs is 2. The van der Waals surface area contributed by atoms with E-state index in [4.69, 9.17) is 10.5 Å². The first-order valence-corrected chi connectivity index (χ1v) is 6.84. The zero-order chi connectivity index (χ0) is 13.4. The van der Waals surface area contributed by atoms with Crippen LogP contribution in [0.2, 0.25) is 0 Å². The molecule has 0 aromatic heterocycles. The van der Waals surface area contributed by atoms with Crippen LogP contribution in [-0.4, -0.2) is 18.7 Å². The molecule has 1 unspecified atom stereocenters. The van der Waals surface area contributed by atoms with E-state index in [0.717, 1.165) is 24.3 Å². The van der Waals surface area contributed by atoms with Gasteiger partial charge in [0.2, 0.25) is 0 Å². The van der Waals surface area contributed by atoms with Gasteiger partial charge in [-0.25, -0.2) is 0 Å². The van der Waals surface area contributed by atoms with Crippen LogP contribution in [0.15, 0.2) is 34.1 Å². The van der Waals surface area contributed by atoms with Crippen LogP contribution in [0.4, 0.5) is 0 Å². The van der Waals surface area contributed by atoms with Crippen molar-refractivity contribution >= 4 is 5.57 Å². The maximum Gasteiger partial charge on any atom is 0.119 e. The Labute approximate surface area is 113 Å². The lowest BCUT2D eigenvalue weighted by Crippen LogP contribution is -2.21. The van der Waals surface area contributed by atoms with Gasteiger partial charge < -0.3 is 10.5 Å². The Bertz CT molecular complexity index is 561. The van der Waals surface area contributed by atoms with E-state index in [1.54, 1.807) is 0 Å². The summed E-state index contributed by atoms with van der Waals surface area (Å²) in [6.45, 7) is 4.69. The summed E-state index contributed by atoms with van der Waals surface area (Å²) >= 11 is 0. The van der Waals surface area contributed by atoms with Crippen LogP contribution in [0.1, 0.15) is 31.4 Å². The van der Waals surface area contributed by atoms with Crippen molar-refractivity contribution in [1.82, 2.24) is 0 Å². The molecule has 1 aliphatic heterocycles. The molecule has 1 aromatic carbocycles. The smallest absolute Gasteiger partial charge is 0.119 e. The molecule has 100 valence electrons. The number of ether oxygens (including phenoxy) is 1. The van der Waals surface area contributed by atoms with Crippen molar-refractivity contribution in [2.45, 2.75) is 38.8 Å². The number of azo groups is 1.